The highest BCUT2D eigenvalue weighted by atomic mass is 32.2. The first-order valence-corrected chi connectivity index (χ1v) is 13.2. The first-order chi connectivity index (χ1) is 16.6. The highest BCUT2D eigenvalue weighted by molar-refractivity contribution is 8.01. The lowest BCUT2D eigenvalue weighted by Gasteiger charge is -2.33. The second kappa shape index (κ2) is 10.0. The van der Waals surface area contributed by atoms with Crippen molar-refractivity contribution in [3.8, 4) is 5.69 Å². The van der Waals surface area contributed by atoms with Gasteiger partial charge in [0.1, 0.15) is 17.9 Å². The summed E-state index contributed by atoms with van der Waals surface area (Å²) in [7, 11) is 0. The van der Waals surface area contributed by atoms with Crippen LogP contribution >= 0.6 is 11.8 Å². The molecular weight excluding hydrogens is 462 g/mol. The fraction of sp³-hybridized carbons (Fsp3) is 0.538. The lowest BCUT2D eigenvalue weighted by atomic mass is 9.99. The fourth-order valence-electron chi connectivity index (χ4n) is 4.86. The van der Waals surface area contributed by atoms with Gasteiger partial charge in [-0.1, -0.05) is 32.0 Å². The van der Waals surface area contributed by atoms with Crippen molar-refractivity contribution >= 4 is 35.3 Å². The van der Waals surface area contributed by atoms with Crippen molar-refractivity contribution in [2.24, 2.45) is 5.92 Å². The number of carbonyl (C=O) groups excluding carboxylic acids is 3. The van der Waals surface area contributed by atoms with Gasteiger partial charge in [0, 0.05) is 16.7 Å². The van der Waals surface area contributed by atoms with Gasteiger partial charge in [-0.25, -0.2) is 4.68 Å². The predicted molar refractivity (Wildman–Crippen MR) is 138 cm³/mol. The molecule has 4 atom stereocenters. The molecule has 2 saturated heterocycles. The molecule has 3 amide bonds. The Kier molecular flexibility index (Phi) is 7.26. The highest BCUT2D eigenvalue weighted by Gasteiger charge is 2.54. The molecule has 35 heavy (non-hydrogen) atoms. The molecule has 8 nitrogen and oxygen atoms in total. The number of carbonyl (C=O) groups is 3. The maximum atomic E-state index is 13.8. The number of anilines is 1. The minimum Gasteiger partial charge on any atom is -0.344 e. The van der Waals surface area contributed by atoms with Gasteiger partial charge in [-0.3, -0.25) is 14.4 Å². The standard InChI is InChI=1S/C26H35N5O3S/c1-6-16(2)23(32)27-19-13-10-14-21-30(25(19)34)22(26(4,5)35-21)24(33)28-20-15-17(3)29-31(20)18-11-8-7-9-12-18/h7-9,11-12,15-16,19,21-22H,6,10,13-14H2,1-5H3,(H,27,32)(H,28,33)/t16-,19?,21-,22-/m1/s1. The van der Waals surface area contributed by atoms with E-state index < -0.39 is 16.8 Å². The van der Waals surface area contributed by atoms with Crippen molar-refractivity contribution in [1.29, 1.82) is 0 Å². The zero-order chi connectivity index (χ0) is 25.3. The third-order valence-electron chi connectivity index (χ3n) is 6.89. The molecule has 1 aromatic heterocycles. The van der Waals surface area contributed by atoms with E-state index in [0.29, 0.717) is 18.7 Å². The molecule has 0 bridgehead atoms. The van der Waals surface area contributed by atoms with Gasteiger partial charge in [0.2, 0.25) is 17.7 Å². The number of fused-ring (bicyclic) bond motifs is 1. The maximum Gasteiger partial charge on any atom is 0.249 e. The zero-order valence-corrected chi connectivity index (χ0v) is 21.9. The Bertz CT molecular complexity index is 1100. The van der Waals surface area contributed by atoms with Crippen molar-refractivity contribution in [3.05, 3.63) is 42.1 Å². The van der Waals surface area contributed by atoms with Gasteiger partial charge >= 0.3 is 0 Å². The summed E-state index contributed by atoms with van der Waals surface area (Å²) in [6, 6.07) is 10.2. The Labute approximate surface area is 211 Å². The van der Waals surface area contributed by atoms with Gasteiger partial charge in [-0.05, 0) is 58.6 Å². The Morgan fingerprint density at radius 2 is 1.94 bits per heavy atom. The Morgan fingerprint density at radius 1 is 1.23 bits per heavy atom. The van der Waals surface area contributed by atoms with Crippen LogP contribution in [0.4, 0.5) is 5.82 Å². The monoisotopic (exact) mass is 497 g/mol. The number of hydrogen-bond acceptors (Lipinski definition) is 5. The van der Waals surface area contributed by atoms with Crippen LogP contribution in [0.3, 0.4) is 0 Å². The zero-order valence-electron chi connectivity index (χ0n) is 21.1. The first-order valence-electron chi connectivity index (χ1n) is 12.4. The first kappa shape index (κ1) is 25.3. The van der Waals surface area contributed by atoms with Crippen LogP contribution < -0.4 is 10.6 Å². The number of amides is 3. The van der Waals surface area contributed by atoms with Crippen LogP contribution in [0.25, 0.3) is 5.69 Å². The second-order valence-electron chi connectivity index (χ2n) is 10.0. The second-order valence-corrected chi connectivity index (χ2v) is 11.9. The van der Waals surface area contributed by atoms with Gasteiger partial charge in [0.05, 0.1) is 16.8 Å². The van der Waals surface area contributed by atoms with Crippen LogP contribution in [0.15, 0.2) is 36.4 Å². The molecule has 2 fully saturated rings. The molecule has 0 spiro atoms. The number of benzene rings is 1. The molecule has 1 aromatic carbocycles. The normalized spacial score (nSPS) is 24.4. The van der Waals surface area contributed by atoms with Crippen molar-refractivity contribution in [3.63, 3.8) is 0 Å². The van der Waals surface area contributed by atoms with Crippen molar-refractivity contribution < 1.29 is 14.4 Å². The van der Waals surface area contributed by atoms with Crippen molar-refractivity contribution in [1.82, 2.24) is 20.0 Å². The summed E-state index contributed by atoms with van der Waals surface area (Å²) in [6.07, 6.45) is 2.90. The number of hydrogen-bond donors (Lipinski definition) is 2. The molecule has 2 aliphatic rings. The average Bonchev–Trinajstić information content (AvgIpc) is 3.28. The van der Waals surface area contributed by atoms with Crippen LogP contribution in [-0.4, -0.2) is 54.6 Å². The Hall–Kier alpha value is -2.81. The quantitative estimate of drug-likeness (QED) is 0.631. The Balaban J connectivity index is 1.61. The smallest absolute Gasteiger partial charge is 0.249 e. The summed E-state index contributed by atoms with van der Waals surface area (Å²) in [5.74, 6) is -0.128. The predicted octanol–water partition coefficient (Wildman–Crippen LogP) is 3.88. The maximum absolute atomic E-state index is 13.8. The molecular formula is C26H35N5O3S. The van der Waals surface area contributed by atoms with Crippen LogP contribution in [0, 0.1) is 12.8 Å². The van der Waals surface area contributed by atoms with E-state index in [1.165, 1.54) is 0 Å². The minimum absolute atomic E-state index is 0.0977. The van der Waals surface area contributed by atoms with Gasteiger partial charge in [-0.15, -0.1) is 11.8 Å². The van der Waals surface area contributed by atoms with Crippen molar-refractivity contribution in [2.75, 3.05) is 5.32 Å². The number of nitrogens with zero attached hydrogens (tertiary/aromatic N) is 3. The molecule has 4 rings (SSSR count). The summed E-state index contributed by atoms with van der Waals surface area (Å²) < 4.78 is 1.22. The summed E-state index contributed by atoms with van der Waals surface area (Å²) in [5, 5.41) is 10.5. The largest absolute Gasteiger partial charge is 0.344 e. The van der Waals surface area contributed by atoms with E-state index in [2.05, 4.69) is 15.7 Å². The molecule has 2 N–H and O–H groups in total. The summed E-state index contributed by atoms with van der Waals surface area (Å²) in [5.41, 5.74) is 1.62. The van der Waals surface area contributed by atoms with Crippen LogP contribution in [0.1, 0.15) is 59.1 Å². The number of nitrogens with one attached hydrogen (secondary N) is 2. The number of rotatable bonds is 6. The Morgan fingerprint density at radius 3 is 2.63 bits per heavy atom. The third kappa shape index (κ3) is 5.10. The van der Waals surface area contributed by atoms with Crippen LogP contribution in [0.5, 0.6) is 0 Å². The molecule has 1 unspecified atom stereocenters. The van der Waals surface area contributed by atoms with Gasteiger partial charge in [0.25, 0.3) is 0 Å². The van der Waals surface area contributed by atoms with E-state index in [1.807, 2.05) is 71.0 Å². The van der Waals surface area contributed by atoms with Gasteiger partial charge in [-0.2, -0.15) is 5.10 Å². The number of thioether (sulfide) groups is 1. The van der Waals surface area contributed by atoms with Gasteiger partial charge < -0.3 is 15.5 Å². The minimum atomic E-state index is -0.675. The fourth-order valence-corrected chi connectivity index (χ4v) is 6.54. The molecule has 2 aliphatic heterocycles. The number of aromatic nitrogens is 2. The van der Waals surface area contributed by atoms with E-state index in [4.69, 9.17) is 0 Å². The lowest BCUT2D eigenvalue weighted by Crippen LogP contribution is -2.57. The van der Waals surface area contributed by atoms with Crippen LogP contribution in [-0.2, 0) is 14.4 Å². The molecule has 9 heteroatoms. The molecule has 2 aromatic rings. The number of para-hydroxylation sites is 1. The summed E-state index contributed by atoms with van der Waals surface area (Å²) >= 11 is 1.66. The topological polar surface area (TPSA) is 96.3 Å². The van der Waals surface area contributed by atoms with Gasteiger partial charge in [0.15, 0.2) is 0 Å². The van der Waals surface area contributed by atoms with E-state index >= 15 is 0 Å². The molecule has 188 valence electrons. The number of aryl methyl sites for hydroxylation is 1. The van der Waals surface area contributed by atoms with E-state index in [1.54, 1.807) is 21.3 Å². The third-order valence-corrected chi connectivity index (χ3v) is 8.46. The summed E-state index contributed by atoms with van der Waals surface area (Å²) in [6.45, 7) is 9.72. The van der Waals surface area contributed by atoms with Crippen LogP contribution in [0.2, 0.25) is 0 Å². The molecule has 0 saturated carbocycles. The average molecular weight is 498 g/mol. The van der Waals surface area contributed by atoms with Crippen molar-refractivity contribution in [2.45, 2.75) is 82.5 Å². The highest BCUT2D eigenvalue weighted by Crippen LogP contribution is 2.48. The van der Waals surface area contributed by atoms with E-state index in [9.17, 15) is 14.4 Å². The SMILES string of the molecule is CC[C@@H](C)C(=O)NC1CCC[C@H]2SC(C)(C)[C@@H](C(=O)Nc3cc(C)nn3-c3ccccc3)N2C1=O. The summed E-state index contributed by atoms with van der Waals surface area (Å²) in [4.78, 5) is 41.8. The van der Waals surface area contributed by atoms with E-state index in [-0.39, 0.29) is 29.0 Å². The molecule has 0 aliphatic carbocycles. The van der Waals surface area contributed by atoms with E-state index in [0.717, 1.165) is 24.2 Å². The lowest BCUT2D eigenvalue weighted by molar-refractivity contribution is -0.142. The molecule has 3 heterocycles. The molecule has 0 radical (unpaired) electrons.